The number of amides is 1. The Kier molecular flexibility index (Phi) is 7.04. The summed E-state index contributed by atoms with van der Waals surface area (Å²) in [6, 6.07) is 21.5. The molecule has 8 heteroatoms. The maximum atomic E-state index is 14.5. The number of carbonyl (C=O) groups excluding carboxylic acids is 1. The van der Waals surface area contributed by atoms with E-state index in [-0.39, 0.29) is 11.7 Å². The van der Waals surface area contributed by atoms with Crippen molar-refractivity contribution < 1.29 is 13.9 Å². The quantitative estimate of drug-likeness (QED) is 0.356. The van der Waals surface area contributed by atoms with Gasteiger partial charge in [0.15, 0.2) is 11.0 Å². The van der Waals surface area contributed by atoms with E-state index in [1.54, 1.807) is 29.9 Å². The molecule has 3 aromatic carbocycles. The first-order valence-corrected chi connectivity index (χ1v) is 11.4. The molecule has 168 valence electrons. The fraction of sp³-hybridized carbons (Fsp3) is 0.160. The lowest BCUT2D eigenvalue weighted by atomic mass is 10.1. The van der Waals surface area contributed by atoms with Crippen molar-refractivity contribution in [3.8, 4) is 22.8 Å². The number of aryl methyl sites for hydroxylation is 1. The molecule has 0 spiro atoms. The summed E-state index contributed by atoms with van der Waals surface area (Å²) in [7, 11) is 1.59. The summed E-state index contributed by atoms with van der Waals surface area (Å²) in [6.45, 7) is 2.08. The predicted octanol–water partition coefficient (Wildman–Crippen LogP) is 5.38. The van der Waals surface area contributed by atoms with Gasteiger partial charge in [-0.05, 0) is 60.5 Å². The van der Waals surface area contributed by atoms with Gasteiger partial charge < -0.3 is 10.1 Å². The van der Waals surface area contributed by atoms with Crippen LogP contribution in [0.5, 0.6) is 5.75 Å². The summed E-state index contributed by atoms with van der Waals surface area (Å²) in [5.74, 6) is 0.616. The Labute approximate surface area is 195 Å². The van der Waals surface area contributed by atoms with Gasteiger partial charge in [0.25, 0.3) is 0 Å². The number of aromatic nitrogens is 3. The van der Waals surface area contributed by atoms with Gasteiger partial charge >= 0.3 is 0 Å². The van der Waals surface area contributed by atoms with Crippen LogP contribution in [0.15, 0.2) is 78.0 Å². The number of ether oxygens (including phenoxy) is 1. The fourth-order valence-electron chi connectivity index (χ4n) is 3.30. The predicted molar refractivity (Wildman–Crippen MR) is 128 cm³/mol. The molecule has 1 heterocycles. The summed E-state index contributed by atoms with van der Waals surface area (Å²) in [6.07, 6.45) is 0.940. The number of hydrogen-bond acceptors (Lipinski definition) is 5. The van der Waals surface area contributed by atoms with Gasteiger partial charge in [-0.1, -0.05) is 43.0 Å². The molecule has 0 atom stereocenters. The van der Waals surface area contributed by atoms with Crippen LogP contribution in [0.4, 0.5) is 10.1 Å². The normalized spacial score (nSPS) is 10.8. The van der Waals surface area contributed by atoms with E-state index in [1.807, 2.05) is 48.5 Å². The summed E-state index contributed by atoms with van der Waals surface area (Å²) in [4.78, 5) is 12.5. The topological polar surface area (TPSA) is 69.0 Å². The minimum absolute atomic E-state index is 0.126. The molecular weight excluding hydrogens is 439 g/mol. The molecular formula is C25H23FN4O2S. The lowest BCUT2D eigenvalue weighted by molar-refractivity contribution is -0.113. The maximum absolute atomic E-state index is 14.5. The number of thioether (sulfide) groups is 1. The van der Waals surface area contributed by atoms with Crippen LogP contribution in [-0.2, 0) is 11.2 Å². The fourth-order valence-corrected chi connectivity index (χ4v) is 4.05. The van der Waals surface area contributed by atoms with Gasteiger partial charge in [-0.2, -0.15) is 0 Å². The number of rotatable bonds is 8. The van der Waals surface area contributed by atoms with Crippen molar-refractivity contribution in [1.29, 1.82) is 0 Å². The van der Waals surface area contributed by atoms with Crippen molar-refractivity contribution >= 4 is 23.4 Å². The first-order chi connectivity index (χ1) is 16.1. The minimum Gasteiger partial charge on any atom is -0.497 e. The third kappa shape index (κ3) is 5.23. The average molecular weight is 463 g/mol. The highest BCUT2D eigenvalue weighted by Gasteiger charge is 2.19. The van der Waals surface area contributed by atoms with Gasteiger partial charge in [-0.3, -0.25) is 9.36 Å². The van der Waals surface area contributed by atoms with Gasteiger partial charge in [0.05, 0.1) is 24.1 Å². The molecule has 4 aromatic rings. The zero-order valence-electron chi connectivity index (χ0n) is 18.3. The first kappa shape index (κ1) is 22.5. The van der Waals surface area contributed by atoms with Gasteiger partial charge in [0.2, 0.25) is 5.91 Å². The number of nitrogens with zero attached hydrogens (tertiary/aromatic N) is 3. The number of methoxy groups -OCH3 is 1. The smallest absolute Gasteiger partial charge is 0.234 e. The molecule has 0 unspecified atom stereocenters. The minimum atomic E-state index is -0.399. The van der Waals surface area contributed by atoms with Gasteiger partial charge in [0.1, 0.15) is 11.6 Å². The van der Waals surface area contributed by atoms with Crippen LogP contribution in [0.25, 0.3) is 17.1 Å². The van der Waals surface area contributed by atoms with Crippen LogP contribution in [-0.4, -0.2) is 33.5 Å². The number of nitrogens with one attached hydrogen (secondary N) is 1. The molecule has 1 amide bonds. The SMILES string of the molecule is CCc1ccc(NC(=O)CSc2nnc(-c3ccccc3F)n2-c2ccc(OC)cc2)cc1. The third-order valence-corrected chi connectivity index (χ3v) is 5.99. The largest absolute Gasteiger partial charge is 0.497 e. The number of benzene rings is 3. The Morgan fingerprint density at radius 2 is 1.76 bits per heavy atom. The number of hydrogen-bond donors (Lipinski definition) is 1. The van der Waals surface area contributed by atoms with Crippen molar-refractivity contribution in [3.63, 3.8) is 0 Å². The molecule has 0 saturated carbocycles. The zero-order valence-corrected chi connectivity index (χ0v) is 19.1. The van der Waals surface area contributed by atoms with Crippen molar-refractivity contribution in [2.24, 2.45) is 0 Å². The number of anilines is 1. The summed E-state index contributed by atoms with van der Waals surface area (Å²) in [5.41, 5.74) is 3.00. The Balaban J connectivity index is 1.59. The third-order valence-electron chi connectivity index (χ3n) is 5.06. The van der Waals surface area contributed by atoms with Crippen LogP contribution in [0, 0.1) is 5.82 Å². The molecule has 1 N–H and O–H groups in total. The second-order valence-electron chi connectivity index (χ2n) is 7.21. The van der Waals surface area contributed by atoms with E-state index < -0.39 is 5.82 Å². The second-order valence-corrected chi connectivity index (χ2v) is 8.15. The highest BCUT2D eigenvalue weighted by Crippen LogP contribution is 2.30. The summed E-state index contributed by atoms with van der Waals surface area (Å²) in [5, 5.41) is 11.9. The van der Waals surface area contributed by atoms with Crippen LogP contribution < -0.4 is 10.1 Å². The van der Waals surface area contributed by atoms with E-state index >= 15 is 0 Å². The van der Waals surface area contributed by atoms with E-state index in [0.717, 1.165) is 17.8 Å². The molecule has 0 fully saturated rings. The Morgan fingerprint density at radius 3 is 2.42 bits per heavy atom. The molecule has 0 radical (unpaired) electrons. The molecule has 33 heavy (non-hydrogen) atoms. The van der Waals surface area contributed by atoms with Crippen LogP contribution >= 0.6 is 11.8 Å². The Hall–Kier alpha value is -3.65. The van der Waals surface area contributed by atoms with Crippen molar-refractivity contribution in [2.75, 3.05) is 18.2 Å². The molecule has 6 nitrogen and oxygen atoms in total. The average Bonchev–Trinajstić information content (AvgIpc) is 3.27. The summed E-state index contributed by atoms with van der Waals surface area (Å²) < 4.78 is 21.5. The molecule has 4 rings (SSSR count). The lowest BCUT2D eigenvalue weighted by Crippen LogP contribution is -2.14. The molecule has 0 aliphatic heterocycles. The van der Waals surface area contributed by atoms with Gasteiger partial charge in [-0.15, -0.1) is 10.2 Å². The first-order valence-electron chi connectivity index (χ1n) is 10.5. The van der Waals surface area contributed by atoms with Gasteiger partial charge in [-0.25, -0.2) is 4.39 Å². The van der Waals surface area contributed by atoms with E-state index in [4.69, 9.17) is 4.74 Å². The van der Waals surface area contributed by atoms with E-state index in [0.29, 0.717) is 22.3 Å². The van der Waals surface area contributed by atoms with E-state index in [9.17, 15) is 9.18 Å². The number of carbonyl (C=O) groups is 1. The van der Waals surface area contributed by atoms with Crippen molar-refractivity contribution in [3.05, 3.63) is 84.2 Å². The summed E-state index contributed by atoms with van der Waals surface area (Å²) >= 11 is 1.23. The Bertz CT molecular complexity index is 1240. The molecule has 0 saturated heterocycles. The Morgan fingerprint density at radius 1 is 1.03 bits per heavy atom. The number of halogens is 1. The maximum Gasteiger partial charge on any atom is 0.234 e. The standard InChI is InChI=1S/C25H23FN4O2S/c1-3-17-8-10-18(11-9-17)27-23(31)16-33-25-29-28-24(21-6-4-5-7-22(21)26)30(25)19-12-14-20(32-2)15-13-19/h4-15H,3,16H2,1-2H3,(H,27,31). The van der Waals surface area contributed by atoms with Crippen molar-refractivity contribution in [1.82, 2.24) is 14.8 Å². The second kappa shape index (κ2) is 10.3. The lowest BCUT2D eigenvalue weighted by Gasteiger charge is -2.12. The van der Waals surface area contributed by atoms with Crippen LogP contribution in [0.1, 0.15) is 12.5 Å². The molecule has 0 bridgehead atoms. The highest BCUT2D eigenvalue weighted by molar-refractivity contribution is 7.99. The van der Waals surface area contributed by atoms with E-state index in [2.05, 4.69) is 22.4 Å². The van der Waals surface area contributed by atoms with Crippen LogP contribution in [0.2, 0.25) is 0 Å². The molecule has 0 aliphatic rings. The zero-order chi connectivity index (χ0) is 23.2. The molecule has 1 aromatic heterocycles. The van der Waals surface area contributed by atoms with Crippen LogP contribution in [0.3, 0.4) is 0 Å². The van der Waals surface area contributed by atoms with Gasteiger partial charge in [0, 0.05) is 5.69 Å². The highest BCUT2D eigenvalue weighted by atomic mass is 32.2. The van der Waals surface area contributed by atoms with Crippen molar-refractivity contribution in [2.45, 2.75) is 18.5 Å². The van der Waals surface area contributed by atoms with E-state index in [1.165, 1.54) is 23.4 Å². The molecule has 0 aliphatic carbocycles. The monoisotopic (exact) mass is 462 g/mol.